The molecule has 3 rings (SSSR count). The number of nitrogens with one attached hydrogen (secondary N) is 1. The predicted octanol–water partition coefficient (Wildman–Crippen LogP) is 2.94. The topological polar surface area (TPSA) is 44.3 Å². The maximum Gasteiger partial charge on any atom is 0.138 e. The summed E-state index contributed by atoms with van der Waals surface area (Å²) in [5, 5.41) is 4.78. The lowest BCUT2D eigenvalue weighted by Gasteiger charge is -2.40. The van der Waals surface area contributed by atoms with Gasteiger partial charge in [-0.3, -0.25) is 4.90 Å². The van der Waals surface area contributed by atoms with E-state index in [0.29, 0.717) is 12.0 Å². The van der Waals surface area contributed by atoms with Crippen LogP contribution in [0.4, 0.5) is 5.82 Å². The van der Waals surface area contributed by atoms with Gasteiger partial charge in [0.2, 0.25) is 0 Å². The molecule has 1 atom stereocenters. The molecule has 132 valence electrons. The summed E-state index contributed by atoms with van der Waals surface area (Å²) in [5.41, 5.74) is 0. The van der Waals surface area contributed by atoms with E-state index in [1.165, 1.54) is 10.3 Å². The molecule has 0 aromatic carbocycles. The molecule has 1 N–H and O–H groups in total. The lowest BCUT2D eigenvalue weighted by Crippen LogP contribution is -2.52. The van der Waals surface area contributed by atoms with E-state index in [4.69, 9.17) is 0 Å². The van der Waals surface area contributed by atoms with Gasteiger partial charge >= 0.3 is 0 Å². The fourth-order valence-corrected chi connectivity index (χ4v) is 4.30. The molecule has 1 aliphatic heterocycles. The number of hydrogen-bond donors (Lipinski definition) is 1. The number of nitrogens with zero attached hydrogens (tertiary/aromatic N) is 4. The fraction of sp³-hybridized carbons (Fsp3) is 0.667. The lowest BCUT2D eigenvalue weighted by molar-refractivity contribution is 0.0944. The predicted molar refractivity (Wildman–Crippen MR) is 103 cm³/mol. The van der Waals surface area contributed by atoms with Gasteiger partial charge in [0.05, 0.1) is 5.39 Å². The minimum Gasteiger partial charge on any atom is -0.368 e. The first-order valence-corrected chi connectivity index (χ1v) is 9.80. The first kappa shape index (κ1) is 17.6. The zero-order chi connectivity index (χ0) is 17.1. The van der Waals surface area contributed by atoms with Crippen molar-refractivity contribution in [2.75, 3.05) is 45.1 Å². The molecule has 24 heavy (non-hydrogen) atoms. The van der Waals surface area contributed by atoms with Gasteiger partial charge in [-0.15, -0.1) is 11.3 Å². The van der Waals surface area contributed by atoms with Crippen molar-refractivity contribution in [1.29, 1.82) is 0 Å². The van der Waals surface area contributed by atoms with Gasteiger partial charge in [-0.05, 0) is 25.5 Å². The van der Waals surface area contributed by atoms with Crippen LogP contribution in [0, 0.1) is 5.92 Å². The van der Waals surface area contributed by atoms with Crippen molar-refractivity contribution in [1.82, 2.24) is 19.8 Å². The first-order valence-electron chi connectivity index (χ1n) is 8.98. The first-order chi connectivity index (χ1) is 11.6. The van der Waals surface area contributed by atoms with E-state index in [1.807, 2.05) is 0 Å². The largest absolute Gasteiger partial charge is 0.368 e. The van der Waals surface area contributed by atoms with Crippen LogP contribution in [0.15, 0.2) is 12.4 Å². The highest BCUT2D eigenvalue weighted by molar-refractivity contribution is 7.18. The second kappa shape index (κ2) is 7.76. The van der Waals surface area contributed by atoms with Gasteiger partial charge < -0.3 is 10.2 Å². The molecule has 1 fully saturated rings. The van der Waals surface area contributed by atoms with Gasteiger partial charge in [0, 0.05) is 43.6 Å². The van der Waals surface area contributed by atoms with Crippen LogP contribution in [-0.2, 0) is 6.42 Å². The second-order valence-electron chi connectivity index (χ2n) is 7.04. The molecule has 0 spiro atoms. The summed E-state index contributed by atoms with van der Waals surface area (Å²) < 4.78 is 0. The molecule has 0 saturated carbocycles. The van der Waals surface area contributed by atoms with Crippen LogP contribution in [0.2, 0.25) is 0 Å². The van der Waals surface area contributed by atoms with E-state index in [2.05, 4.69) is 59.0 Å². The number of hydrogen-bond acceptors (Lipinski definition) is 6. The number of rotatable bonds is 6. The Bertz CT molecular complexity index is 660. The van der Waals surface area contributed by atoms with Gasteiger partial charge in [0.25, 0.3) is 0 Å². The van der Waals surface area contributed by atoms with E-state index < -0.39 is 0 Å². The molecule has 2 aromatic heterocycles. The Morgan fingerprint density at radius 2 is 1.96 bits per heavy atom. The summed E-state index contributed by atoms with van der Waals surface area (Å²) in [6, 6.07) is 2.77. The molecule has 0 radical (unpaired) electrons. The molecule has 5 nitrogen and oxygen atoms in total. The summed E-state index contributed by atoms with van der Waals surface area (Å²) >= 11 is 1.77. The van der Waals surface area contributed by atoms with Crippen LogP contribution in [0.3, 0.4) is 0 Å². The summed E-state index contributed by atoms with van der Waals surface area (Å²) in [7, 11) is 2.21. The molecule has 1 saturated heterocycles. The van der Waals surface area contributed by atoms with Crippen molar-refractivity contribution in [2.45, 2.75) is 33.2 Å². The van der Waals surface area contributed by atoms with Gasteiger partial charge in [0.1, 0.15) is 17.0 Å². The Morgan fingerprint density at radius 3 is 2.62 bits per heavy atom. The van der Waals surface area contributed by atoms with Crippen LogP contribution < -0.4 is 5.32 Å². The van der Waals surface area contributed by atoms with Gasteiger partial charge in [-0.25, -0.2) is 9.97 Å². The smallest absolute Gasteiger partial charge is 0.138 e. The molecule has 0 unspecified atom stereocenters. The molecule has 6 heteroatoms. The molecule has 1 aliphatic rings. The second-order valence-corrected chi connectivity index (χ2v) is 8.15. The fourth-order valence-electron chi connectivity index (χ4n) is 3.36. The molecule has 0 bridgehead atoms. The van der Waals surface area contributed by atoms with Crippen molar-refractivity contribution in [2.24, 2.45) is 5.92 Å². The summed E-state index contributed by atoms with van der Waals surface area (Å²) in [6.07, 6.45) is 2.73. The van der Waals surface area contributed by atoms with Gasteiger partial charge in [0.15, 0.2) is 0 Å². The minimum absolute atomic E-state index is 0.535. The third-order valence-corrected chi connectivity index (χ3v) is 6.17. The molecule has 2 aromatic rings. The van der Waals surface area contributed by atoms with E-state index in [-0.39, 0.29) is 0 Å². The lowest BCUT2D eigenvalue weighted by atomic mass is 10.0. The van der Waals surface area contributed by atoms with Crippen LogP contribution >= 0.6 is 11.3 Å². The van der Waals surface area contributed by atoms with Gasteiger partial charge in [-0.1, -0.05) is 20.8 Å². The van der Waals surface area contributed by atoms with Crippen molar-refractivity contribution in [3.8, 4) is 0 Å². The number of aryl methyl sites for hydroxylation is 1. The van der Waals surface area contributed by atoms with E-state index in [9.17, 15) is 0 Å². The molecular weight excluding hydrogens is 318 g/mol. The molecular formula is C18H29N5S. The molecule has 0 aliphatic carbocycles. The van der Waals surface area contributed by atoms with E-state index >= 15 is 0 Å². The number of anilines is 1. The zero-order valence-electron chi connectivity index (χ0n) is 15.2. The SMILES string of the molecule is CCc1cc2c(NC[C@H](C(C)C)N3CCN(C)CC3)ncnc2s1. The maximum absolute atomic E-state index is 4.50. The molecule has 3 heterocycles. The standard InChI is InChI=1S/C18H29N5S/c1-5-14-10-15-17(20-12-21-18(15)24-14)19-11-16(13(2)3)23-8-6-22(4)7-9-23/h10,12-13,16H,5-9,11H2,1-4H3,(H,19,20,21)/t16-/m1/s1. The van der Waals surface area contributed by atoms with Crippen LogP contribution in [-0.4, -0.2) is 65.6 Å². The van der Waals surface area contributed by atoms with Crippen molar-refractivity contribution in [3.63, 3.8) is 0 Å². The summed E-state index contributed by atoms with van der Waals surface area (Å²) in [4.78, 5) is 16.4. The highest BCUT2D eigenvalue weighted by atomic mass is 32.1. The van der Waals surface area contributed by atoms with E-state index in [1.54, 1.807) is 17.7 Å². The Balaban J connectivity index is 1.71. The number of thiophene rings is 1. The normalized spacial score (nSPS) is 18.4. The Kier molecular flexibility index (Phi) is 5.69. The van der Waals surface area contributed by atoms with Gasteiger partial charge in [-0.2, -0.15) is 0 Å². The third-order valence-electron chi connectivity index (χ3n) is 4.98. The summed E-state index contributed by atoms with van der Waals surface area (Å²) in [5.74, 6) is 1.60. The Hall–Kier alpha value is -1.24. The third kappa shape index (κ3) is 3.87. The average molecular weight is 348 g/mol. The average Bonchev–Trinajstić information content (AvgIpc) is 3.00. The number of aromatic nitrogens is 2. The number of likely N-dealkylation sites (N-methyl/N-ethyl adjacent to an activating group) is 1. The highest BCUT2D eigenvalue weighted by Gasteiger charge is 2.25. The van der Waals surface area contributed by atoms with Crippen LogP contribution in [0.25, 0.3) is 10.2 Å². The Morgan fingerprint density at radius 1 is 1.21 bits per heavy atom. The summed E-state index contributed by atoms with van der Waals surface area (Å²) in [6.45, 7) is 12.4. The Labute approximate surface area is 149 Å². The molecule has 0 amide bonds. The van der Waals surface area contributed by atoms with E-state index in [0.717, 1.165) is 49.8 Å². The van der Waals surface area contributed by atoms with Crippen LogP contribution in [0.1, 0.15) is 25.6 Å². The van der Waals surface area contributed by atoms with Crippen LogP contribution in [0.5, 0.6) is 0 Å². The minimum atomic E-state index is 0.535. The number of fused-ring (bicyclic) bond motifs is 1. The monoisotopic (exact) mass is 347 g/mol. The van der Waals surface area contributed by atoms with Crippen molar-refractivity contribution < 1.29 is 0 Å². The highest BCUT2D eigenvalue weighted by Crippen LogP contribution is 2.28. The van der Waals surface area contributed by atoms with Crippen molar-refractivity contribution in [3.05, 3.63) is 17.3 Å². The maximum atomic E-state index is 4.50. The quantitative estimate of drug-likeness (QED) is 0.870. The van der Waals surface area contributed by atoms with Crippen molar-refractivity contribution >= 4 is 27.4 Å². The number of piperazine rings is 1. The zero-order valence-corrected chi connectivity index (χ0v) is 16.1.